The molecule has 1 saturated heterocycles. The number of ether oxygens (including phenoxy) is 1. The van der Waals surface area contributed by atoms with Crippen molar-refractivity contribution < 1.29 is 28.3 Å². The van der Waals surface area contributed by atoms with E-state index < -0.39 is 24.4 Å². The zero-order valence-corrected chi connectivity index (χ0v) is 16.0. The Morgan fingerprint density at radius 3 is 2.64 bits per heavy atom. The molecule has 1 aliphatic rings. The summed E-state index contributed by atoms with van der Waals surface area (Å²) >= 11 is 0. The number of aromatic nitrogens is 1. The number of nitrogens with zero attached hydrogens (tertiary/aromatic N) is 1. The number of nitrogens with one attached hydrogen (secondary N) is 1. The van der Waals surface area contributed by atoms with E-state index in [9.17, 15) is 19.2 Å². The first-order valence-corrected chi connectivity index (χ1v) is 9.05. The molecule has 1 amide bonds. The second-order valence-corrected chi connectivity index (χ2v) is 6.85. The number of carbonyl (C=O) groups excluding carboxylic acids is 4. The van der Waals surface area contributed by atoms with Crippen molar-refractivity contribution >= 4 is 23.4 Å². The lowest BCUT2D eigenvalue weighted by atomic mass is 10.1. The van der Waals surface area contributed by atoms with E-state index in [0.29, 0.717) is 36.2 Å². The Balaban J connectivity index is 1.65. The first-order chi connectivity index (χ1) is 13.3. The number of ketones is 2. The molecule has 3 heterocycles. The normalized spacial score (nSPS) is 16.2. The van der Waals surface area contributed by atoms with Gasteiger partial charge in [0.15, 0.2) is 18.2 Å². The van der Waals surface area contributed by atoms with Gasteiger partial charge >= 0.3 is 5.97 Å². The van der Waals surface area contributed by atoms with Gasteiger partial charge in [-0.05, 0) is 51.3 Å². The molecule has 1 aliphatic heterocycles. The molecule has 0 saturated carbocycles. The molecule has 3 rings (SSSR count). The van der Waals surface area contributed by atoms with E-state index in [0.717, 1.165) is 0 Å². The number of aryl methyl sites for hydroxylation is 1. The summed E-state index contributed by atoms with van der Waals surface area (Å²) in [5.41, 5.74) is 1.87. The number of aromatic amines is 1. The standard InChI is InChI=1S/C20H22N2O6/c1-11-17(13(3)23)12(2)21-18(11)15(24)10-28-20(26)14-6-4-8-22(14)19(25)16-7-5-9-27-16/h5,7,9,14,21H,4,6,8,10H2,1-3H3. The Hall–Kier alpha value is -3.16. The SMILES string of the molecule is CC(=O)c1c(C)[nH]c(C(=O)COC(=O)C2CCCN2C(=O)c2ccco2)c1C. The van der Waals surface area contributed by atoms with Crippen LogP contribution in [0.3, 0.4) is 0 Å². The van der Waals surface area contributed by atoms with Crippen LogP contribution >= 0.6 is 0 Å². The molecule has 0 aromatic carbocycles. The summed E-state index contributed by atoms with van der Waals surface area (Å²) in [7, 11) is 0. The highest BCUT2D eigenvalue weighted by molar-refractivity contribution is 6.04. The topological polar surface area (TPSA) is 110 Å². The van der Waals surface area contributed by atoms with Crippen molar-refractivity contribution in [2.45, 2.75) is 39.7 Å². The molecule has 2 aromatic heterocycles. The summed E-state index contributed by atoms with van der Waals surface area (Å²) in [6, 6.07) is 2.39. The largest absolute Gasteiger partial charge is 0.459 e. The fraction of sp³-hybridized carbons (Fsp3) is 0.400. The lowest BCUT2D eigenvalue weighted by Gasteiger charge is -2.22. The Labute approximate surface area is 161 Å². The molecular formula is C20H22N2O6. The van der Waals surface area contributed by atoms with Crippen LogP contribution in [0.5, 0.6) is 0 Å². The van der Waals surface area contributed by atoms with Crippen LogP contribution in [0.1, 0.15) is 62.4 Å². The van der Waals surface area contributed by atoms with Gasteiger partial charge in [-0.2, -0.15) is 0 Å². The van der Waals surface area contributed by atoms with Gasteiger partial charge in [0.1, 0.15) is 6.04 Å². The molecule has 148 valence electrons. The third kappa shape index (κ3) is 3.62. The lowest BCUT2D eigenvalue weighted by Crippen LogP contribution is -2.41. The minimum absolute atomic E-state index is 0.139. The molecule has 28 heavy (non-hydrogen) atoms. The second kappa shape index (κ2) is 7.84. The summed E-state index contributed by atoms with van der Waals surface area (Å²) in [5, 5.41) is 0. The van der Waals surface area contributed by atoms with Crippen LogP contribution in [0, 0.1) is 13.8 Å². The van der Waals surface area contributed by atoms with Gasteiger partial charge in [-0.3, -0.25) is 14.4 Å². The maximum absolute atomic E-state index is 12.5. The molecule has 1 unspecified atom stereocenters. The van der Waals surface area contributed by atoms with Crippen LogP contribution in [0.4, 0.5) is 0 Å². The van der Waals surface area contributed by atoms with Gasteiger partial charge in [0.2, 0.25) is 5.78 Å². The highest BCUT2D eigenvalue weighted by Crippen LogP contribution is 2.22. The maximum Gasteiger partial charge on any atom is 0.329 e. The Morgan fingerprint density at radius 1 is 1.29 bits per heavy atom. The number of carbonyl (C=O) groups is 4. The quantitative estimate of drug-likeness (QED) is 0.603. The summed E-state index contributed by atoms with van der Waals surface area (Å²) in [6.07, 6.45) is 2.52. The van der Waals surface area contributed by atoms with Crippen LogP contribution in [0.25, 0.3) is 0 Å². The molecule has 8 heteroatoms. The average molecular weight is 386 g/mol. The number of likely N-dealkylation sites (tertiary alicyclic amines) is 1. The van der Waals surface area contributed by atoms with Crippen molar-refractivity contribution in [3.05, 3.63) is 46.7 Å². The van der Waals surface area contributed by atoms with E-state index in [2.05, 4.69) is 4.98 Å². The minimum atomic E-state index is -0.746. The molecule has 0 spiro atoms. The van der Waals surface area contributed by atoms with Gasteiger partial charge < -0.3 is 19.0 Å². The number of hydrogen-bond donors (Lipinski definition) is 1. The summed E-state index contributed by atoms with van der Waals surface area (Å²) in [5.74, 6) is -1.41. The monoisotopic (exact) mass is 386 g/mol. The number of Topliss-reactive ketones (excluding diaryl/α,β-unsaturated/α-hetero) is 2. The van der Waals surface area contributed by atoms with Gasteiger partial charge in [0.05, 0.1) is 12.0 Å². The fourth-order valence-electron chi connectivity index (χ4n) is 3.66. The van der Waals surface area contributed by atoms with E-state index in [1.165, 1.54) is 24.2 Å². The minimum Gasteiger partial charge on any atom is -0.459 e. The van der Waals surface area contributed by atoms with Gasteiger partial charge in [-0.1, -0.05) is 0 Å². The fourth-order valence-corrected chi connectivity index (χ4v) is 3.66. The molecule has 1 fully saturated rings. The van der Waals surface area contributed by atoms with Gasteiger partial charge in [0, 0.05) is 17.8 Å². The summed E-state index contributed by atoms with van der Waals surface area (Å²) in [4.78, 5) is 53.4. The molecule has 2 aromatic rings. The predicted molar refractivity (Wildman–Crippen MR) is 98.3 cm³/mol. The Kier molecular flexibility index (Phi) is 5.48. The van der Waals surface area contributed by atoms with Crippen LogP contribution in [-0.2, 0) is 9.53 Å². The van der Waals surface area contributed by atoms with Crippen LogP contribution < -0.4 is 0 Å². The molecule has 1 atom stereocenters. The van der Waals surface area contributed by atoms with Crippen LogP contribution in [-0.4, -0.2) is 52.5 Å². The van der Waals surface area contributed by atoms with Gasteiger partial charge in [-0.25, -0.2) is 4.79 Å². The second-order valence-electron chi connectivity index (χ2n) is 6.85. The molecule has 0 aliphatic carbocycles. The van der Waals surface area contributed by atoms with Crippen molar-refractivity contribution in [3.63, 3.8) is 0 Å². The number of hydrogen-bond acceptors (Lipinski definition) is 6. The number of H-pyrrole nitrogens is 1. The van der Waals surface area contributed by atoms with E-state index in [-0.39, 0.29) is 23.1 Å². The molecule has 0 radical (unpaired) electrons. The highest BCUT2D eigenvalue weighted by atomic mass is 16.5. The van der Waals surface area contributed by atoms with Gasteiger partial charge in [-0.15, -0.1) is 0 Å². The third-order valence-electron chi connectivity index (χ3n) is 4.93. The zero-order valence-electron chi connectivity index (χ0n) is 16.0. The van der Waals surface area contributed by atoms with Crippen molar-refractivity contribution in [1.82, 2.24) is 9.88 Å². The number of amides is 1. The lowest BCUT2D eigenvalue weighted by molar-refractivity contribution is -0.147. The van der Waals surface area contributed by atoms with Crippen molar-refractivity contribution in [1.29, 1.82) is 0 Å². The average Bonchev–Trinajstić information content (AvgIpc) is 3.38. The van der Waals surface area contributed by atoms with Crippen LogP contribution in [0.2, 0.25) is 0 Å². The summed E-state index contributed by atoms with van der Waals surface area (Å²) < 4.78 is 10.3. The van der Waals surface area contributed by atoms with Crippen molar-refractivity contribution in [2.24, 2.45) is 0 Å². The molecular weight excluding hydrogens is 364 g/mol. The first-order valence-electron chi connectivity index (χ1n) is 9.05. The molecule has 0 bridgehead atoms. The zero-order chi connectivity index (χ0) is 20.4. The van der Waals surface area contributed by atoms with E-state index in [1.54, 1.807) is 19.9 Å². The molecule has 1 N–H and O–H groups in total. The predicted octanol–water partition coefficient (Wildman–Crippen LogP) is 2.46. The first kappa shape index (κ1) is 19.6. The Bertz CT molecular complexity index is 925. The van der Waals surface area contributed by atoms with Crippen LogP contribution in [0.15, 0.2) is 22.8 Å². The van der Waals surface area contributed by atoms with E-state index in [4.69, 9.17) is 9.15 Å². The number of furan rings is 1. The van der Waals surface area contributed by atoms with Gasteiger partial charge in [0.25, 0.3) is 5.91 Å². The summed E-state index contributed by atoms with van der Waals surface area (Å²) in [6.45, 7) is 4.78. The molecule has 8 nitrogen and oxygen atoms in total. The third-order valence-corrected chi connectivity index (χ3v) is 4.93. The van der Waals surface area contributed by atoms with E-state index in [1.807, 2.05) is 0 Å². The van der Waals surface area contributed by atoms with Crippen molar-refractivity contribution in [3.8, 4) is 0 Å². The van der Waals surface area contributed by atoms with E-state index >= 15 is 0 Å². The van der Waals surface area contributed by atoms with Crippen molar-refractivity contribution in [2.75, 3.05) is 13.2 Å². The highest BCUT2D eigenvalue weighted by Gasteiger charge is 2.37. The number of esters is 1. The smallest absolute Gasteiger partial charge is 0.329 e. The number of rotatable bonds is 6. The maximum atomic E-state index is 12.5. The Morgan fingerprint density at radius 2 is 2.04 bits per heavy atom.